The van der Waals surface area contributed by atoms with Gasteiger partial charge in [-0.05, 0) is 19.3 Å². The third-order valence-corrected chi connectivity index (χ3v) is 3.65. The maximum atomic E-state index is 5.34. The Hall–Kier alpha value is -1.38. The Bertz CT molecular complexity index is 287. The summed E-state index contributed by atoms with van der Waals surface area (Å²) in [6, 6.07) is 24.0. The highest BCUT2D eigenvalue weighted by Crippen LogP contribution is 2.08. The van der Waals surface area contributed by atoms with Crippen LogP contribution < -0.4 is 0 Å². The summed E-state index contributed by atoms with van der Waals surface area (Å²) in [5, 5.41) is 0. The van der Waals surface area contributed by atoms with Gasteiger partial charge in [0.2, 0.25) is 0 Å². The van der Waals surface area contributed by atoms with Crippen LogP contribution >= 0.6 is 0 Å². The summed E-state index contributed by atoms with van der Waals surface area (Å²) in [5.41, 5.74) is 0.675. The molecule has 0 bridgehead atoms. The predicted molar refractivity (Wildman–Crippen MR) is 107 cm³/mol. The Balaban J connectivity index is -0.000000231. The van der Waals surface area contributed by atoms with Crippen molar-refractivity contribution < 1.29 is 4.74 Å². The highest BCUT2D eigenvalue weighted by Gasteiger charge is 2.05. The molecule has 2 aromatic carbocycles. The van der Waals surface area contributed by atoms with Crippen LogP contribution in [0.4, 0.5) is 0 Å². The molecule has 2 aromatic rings. The lowest BCUT2D eigenvalue weighted by Crippen LogP contribution is -2.18. The van der Waals surface area contributed by atoms with Crippen molar-refractivity contribution in [3.05, 3.63) is 72.8 Å². The summed E-state index contributed by atoms with van der Waals surface area (Å²) in [7, 11) is 1.23. The molecule has 2 heteroatoms. The maximum absolute atomic E-state index is 5.34. The summed E-state index contributed by atoms with van der Waals surface area (Å²) >= 11 is 0. The molecule has 1 unspecified atom stereocenters. The van der Waals surface area contributed by atoms with Crippen molar-refractivity contribution in [2.45, 2.75) is 47.3 Å². The molecule has 126 valence electrons. The van der Waals surface area contributed by atoms with Gasteiger partial charge in [0.25, 0.3) is 0 Å². The van der Waals surface area contributed by atoms with Crippen LogP contribution in [0.5, 0.6) is 0 Å². The van der Waals surface area contributed by atoms with Gasteiger partial charge in [-0.1, -0.05) is 95.1 Å². The van der Waals surface area contributed by atoms with E-state index >= 15 is 0 Å². The minimum atomic E-state index is 0. The number of benzene rings is 2. The molecule has 1 nitrogen and oxygen atoms in total. The zero-order chi connectivity index (χ0) is 13.6. The smallest absolute Gasteiger partial charge is 0.0465 e. The maximum Gasteiger partial charge on any atom is 0.0465 e. The topological polar surface area (TPSA) is 9.23 Å². The van der Waals surface area contributed by atoms with Gasteiger partial charge in [-0.25, -0.2) is 0 Å². The molecule has 1 saturated heterocycles. The van der Waals surface area contributed by atoms with Crippen LogP contribution in [0.2, 0.25) is 0 Å². The Kier molecular flexibility index (Phi) is 22.8. The SMILES string of the molecule is C.C.C.[SiH3]C1CCCCO1.c1ccccc1.c1ccccc1. The van der Waals surface area contributed by atoms with Gasteiger partial charge in [0.15, 0.2) is 0 Å². The van der Waals surface area contributed by atoms with Crippen LogP contribution in [0, 0.1) is 0 Å². The molecule has 1 fully saturated rings. The van der Waals surface area contributed by atoms with Crippen molar-refractivity contribution in [1.82, 2.24) is 0 Å². The van der Waals surface area contributed by atoms with Crippen molar-refractivity contribution in [1.29, 1.82) is 0 Å². The Morgan fingerprint density at radius 3 is 1.05 bits per heavy atom. The van der Waals surface area contributed by atoms with E-state index < -0.39 is 0 Å². The molecule has 1 heterocycles. The molecule has 0 N–H and O–H groups in total. The molecule has 0 radical (unpaired) electrons. The van der Waals surface area contributed by atoms with Crippen molar-refractivity contribution in [2.24, 2.45) is 0 Å². The number of hydrogen-bond acceptors (Lipinski definition) is 1. The first-order valence-corrected chi connectivity index (χ1v) is 8.16. The number of ether oxygens (including phenoxy) is 1. The fourth-order valence-corrected chi connectivity index (χ4v) is 2.32. The quantitative estimate of drug-likeness (QED) is 0.609. The summed E-state index contributed by atoms with van der Waals surface area (Å²) in [6.45, 7) is 1.02. The molecule has 0 aliphatic carbocycles. The van der Waals surface area contributed by atoms with Crippen molar-refractivity contribution in [2.75, 3.05) is 6.61 Å². The molecular weight excluding hydrogens is 284 g/mol. The molecule has 3 rings (SSSR count). The molecule has 0 saturated carbocycles. The fraction of sp³-hybridized carbons (Fsp3) is 0.400. The second-order valence-electron chi connectivity index (χ2n) is 4.49. The fourth-order valence-electron chi connectivity index (χ4n) is 1.67. The lowest BCUT2D eigenvalue weighted by atomic mass is 10.2. The molecular formula is C20H36OSi. The summed E-state index contributed by atoms with van der Waals surface area (Å²) < 4.78 is 5.34. The molecule has 1 aliphatic rings. The minimum Gasteiger partial charge on any atom is -0.383 e. The third kappa shape index (κ3) is 16.7. The zero-order valence-electron chi connectivity index (χ0n) is 11.7. The number of hydrogen-bond donors (Lipinski definition) is 0. The summed E-state index contributed by atoms with van der Waals surface area (Å²) in [5.74, 6) is 0. The summed E-state index contributed by atoms with van der Waals surface area (Å²) in [4.78, 5) is 0. The van der Waals surface area contributed by atoms with Crippen LogP contribution in [0.25, 0.3) is 0 Å². The lowest BCUT2D eigenvalue weighted by molar-refractivity contribution is 0.0675. The van der Waals surface area contributed by atoms with E-state index in [-0.39, 0.29) is 22.3 Å². The Morgan fingerprint density at radius 2 is 0.909 bits per heavy atom. The molecule has 1 atom stereocenters. The zero-order valence-corrected chi connectivity index (χ0v) is 13.7. The lowest BCUT2D eigenvalue weighted by Gasteiger charge is -2.17. The monoisotopic (exact) mass is 320 g/mol. The van der Waals surface area contributed by atoms with Gasteiger partial charge in [0.1, 0.15) is 0 Å². The van der Waals surface area contributed by atoms with E-state index in [9.17, 15) is 0 Å². The molecule has 0 spiro atoms. The Morgan fingerprint density at radius 1 is 0.591 bits per heavy atom. The van der Waals surface area contributed by atoms with E-state index in [4.69, 9.17) is 4.74 Å². The van der Waals surface area contributed by atoms with Gasteiger partial charge in [0, 0.05) is 22.6 Å². The molecule has 0 aromatic heterocycles. The number of rotatable bonds is 0. The van der Waals surface area contributed by atoms with Crippen LogP contribution in [0.3, 0.4) is 0 Å². The van der Waals surface area contributed by atoms with Gasteiger partial charge in [-0.15, -0.1) is 0 Å². The van der Waals surface area contributed by atoms with Crippen molar-refractivity contribution in [3.8, 4) is 0 Å². The van der Waals surface area contributed by atoms with Crippen LogP contribution in [-0.2, 0) is 4.74 Å². The van der Waals surface area contributed by atoms with E-state index in [1.807, 2.05) is 72.8 Å². The van der Waals surface area contributed by atoms with E-state index in [0.717, 1.165) is 6.61 Å². The molecule has 0 amide bonds. The predicted octanol–water partition coefficient (Wildman–Crippen LogP) is 5.16. The van der Waals surface area contributed by atoms with E-state index in [1.54, 1.807) is 0 Å². The van der Waals surface area contributed by atoms with Gasteiger partial charge in [0.05, 0.1) is 0 Å². The molecule has 22 heavy (non-hydrogen) atoms. The average Bonchev–Trinajstić information content (AvgIpc) is 2.53. The second kappa shape index (κ2) is 19.6. The van der Waals surface area contributed by atoms with Gasteiger partial charge < -0.3 is 4.74 Å². The van der Waals surface area contributed by atoms with Crippen molar-refractivity contribution in [3.63, 3.8) is 0 Å². The first-order chi connectivity index (χ1) is 9.39. The first kappa shape index (κ1) is 25.6. The van der Waals surface area contributed by atoms with Gasteiger partial charge in [-0.2, -0.15) is 0 Å². The normalized spacial score (nSPS) is 15.0. The van der Waals surface area contributed by atoms with Crippen LogP contribution in [-0.4, -0.2) is 22.6 Å². The van der Waals surface area contributed by atoms with E-state index in [2.05, 4.69) is 0 Å². The minimum absolute atomic E-state index is 0. The van der Waals surface area contributed by atoms with E-state index in [0.29, 0.717) is 5.73 Å². The molecule has 1 aliphatic heterocycles. The summed E-state index contributed by atoms with van der Waals surface area (Å²) in [6.07, 6.45) is 4.01. The average molecular weight is 321 g/mol. The second-order valence-corrected chi connectivity index (χ2v) is 5.77. The Labute approximate surface area is 142 Å². The van der Waals surface area contributed by atoms with E-state index in [1.165, 1.54) is 29.5 Å². The van der Waals surface area contributed by atoms with Crippen molar-refractivity contribution >= 4 is 10.2 Å². The third-order valence-electron chi connectivity index (χ3n) is 2.74. The van der Waals surface area contributed by atoms with Crippen LogP contribution in [0.15, 0.2) is 72.8 Å². The van der Waals surface area contributed by atoms with Gasteiger partial charge >= 0.3 is 0 Å². The van der Waals surface area contributed by atoms with Gasteiger partial charge in [-0.3, -0.25) is 0 Å². The first-order valence-electron chi connectivity index (χ1n) is 7.01. The highest BCUT2D eigenvalue weighted by molar-refractivity contribution is 6.11. The standard InChI is InChI=1S/2C6H6.C5H12OSi.3CH4/c2*1-2-4-6-5-3-1;7-5-3-1-2-4-6-5;;;/h2*1-6H;5H,1-4H2,7H3;3*1H4. The largest absolute Gasteiger partial charge is 0.383 e. The van der Waals surface area contributed by atoms with Crippen LogP contribution in [0.1, 0.15) is 41.5 Å². The highest BCUT2D eigenvalue weighted by atomic mass is 28.1.